The van der Waals surface area contributed by atoms with Crippen LogP contribution in [0.15, 0.2) is 91.0 Å². The summed E-state index contributed by atoms with van der Waals surface area (Å²) in [5.41, 5.74) is 7.52. The van der Waals surface area contributed by atoms with E-state index in [1.165, 1.54) is 7.11 Å². The number of halogens is 1. The van der Waals surface area contributed by atoms with Gasteiger partial charge in [-0.25, -0.2) is 0 Å². The third-order valence-corrected chi connectivity index (χ3v) is 8.33. The van der Waals surface area contributed by atoms with Crippen LogP contribution in [0.1, 0.15) is 5.56 Å². The first-order chi connectivity index (χ1) is 14.0. The monoisotopic (exact) mass is 443 g/mol. The van der Waals surface area contributed by atoms with Gasteiger partial charge in [-0.15, -0.1) is 12.4 Å². The van der Waals surface area contributed by atoms with Crippen LogP contribution >= 0.6 is 19.5 Å². The highest BCUT2D eigenvalue weighted by Gasteiger charge is 2.35. The minimum absolute atomic E-state index is 0. The number of nitrogens with two attached hydrogens (primary N) is 1. The zero-order chi connectivity index (χ0) is 20.7. The molecule has 3 aromatic carbocycles. The Balaban J connectivity index is 0.00000320. The fraction of sp³-hybridized carbons (Fsp3) is 0.208. The quantitative estimate of drug-likeness (QED) is 0.425. The molecule has 0 saturated heterocycles. The van der Waals surface area contributed by atoms with E-state index in [-0.39, 0.29) is 24.5 Å². The first-order valence-corrected chi connectivity index (χ1v) is 11.5. The predicted octanol–water partition coefficient (Wildman–Crippen LogP) is 3.78. The highest BCUT2D eigenvalue weighted by Crippen LogP contribution is 2.44. The van der Waals surface area contributed by atoms with Crippen molar-refractivity contribution in [2.24, 2.45) is 11.7 Å². The molecule has 6 heteroatoms. The van der Waals surface area contributed by atoms with Gasteiger partial charge in [-0.05, 0) is 12.0 Å². The van der Waals surface area contributed by atoms with Crippen LogP contribution in [0.25, 0.3) is 0 Å². The second-order valence-electron chi connectivity index (χ2n) is 7.08. The summed E-state index contributed by atoms with van der Waals surface area (Å²) in [6.07, 6.45) is 0.631. The van der Waals surface area contributed by atoms with E-state index in [9.17, 15) is 9.36 Å². The average molecular weight is 444 g/mol. The van der Waals surface area contributed by atoms with Crippen molar-refractivity contribution in [2.45, 2.75) is 12.5 Å². The number of carbonyl (C=O) groups is 1. The van der Waals surface area contributed by atoms with E-state index in [1.807, 2.05) is 91.0 Å². The van der Waals surface area contributed by atoms with Gasteiger partial charge >= 0.3 is 5.97 Å². The van der Waals surface area contributed by atoms with Crippen LogP contribution in [0.5, 0.6) is 0 Å². The maximum Gasteiger partial charge on any atom is 0.310 e. The fourth-order valence-corrected chi connectivity index (χ4v) is 6.43. The minimum atomic E-state index is -3.02. The number of hydrogen-bond donors (Lipinski definition) is 1. The average Bonchev–Trinajstić information content (AvgIpc) is 2.78. The molecule has 4 nitrogen and oxygen atoms in total. The van der Waals surface area contributed by atoms with E-state index < -0.39 is 19.1 Å². The smallest absolute Gasteiger partial charge is 0.310 e. The molecule has 0 radical (unpaired) electrons. The number of hydrogen-bond acceptors (Lipinski definition) is 4. The molecule has 30 heavy (non-hydrogen) atoms. The summed E-state index contributed by atoms with van der Waals surface area (Å²) < 4.78 is 19.3. The second kappa shape index (κ2) is 11.1. The lowest BCUT2D eigenvalue weighted by atomic mass is 9.93. The zero-order valence-corrected chi connectivity index (χ0v) is 18.6. The van der Waals surface area contributed by atoms with Gasteiger partial charge in [-0.1, -0.05) is 91.0 Å². The molecule has 2 unspecified atom stereocenters. The van der Waals surface area contributed by atoms with Crippen molar-refractivity contribution in [1.29, 1.82) is 0 Å². The van der Waals surface area contributed by atoms with Crippen LogP contribution in [0, 0.1) is 5.92 Å². The molecule has 3 rings (SSSR count). The van der Waals surface area contributed by atoms with Gasteiger partial charge < -0.3 is 15.0 Å². The van der Waals surface area contributed by atoms with Gasteiger partial charge in [-0.3, -0.25) is 4.79 Å². The lowest BCUT2D eigenvalue weighted by molar-refractivity contribution is -0.145. The van der Waals surface area contributed by atoms with Crippen molar-refractivity contribution in [1.82, 2.24) is 0 Å². The fourth-order valence-electron chi connectivity index (χ4n) is 3.55. The summed E-state index contributed by atoms with van der Waals surface area (Å²) in [5.74, 6) is -0.961. The SMILES string of the molecule is COC(=O)C(Cc1ccccc1)C(N)CP(=O)(c1ccccc1)c1ccccc1.Cl. The largest absolute Gasteiger partial charge is 0.469 e. The summed E-state index contributed by atoms with van der Waals surface area (Å²) in [7, 11) is -1.66. The Bertz CT molecular complexity index is 924. The lowest BCUT2D eigenvalue weighted by Gasteiger charge is -2.27. The Morgan fingerprint density at radius 3 is 1.73 bits per heavy atom. The molecular weight excluding hydrogens is 417 g/mol. The maximum atomic E-state index is 14.3. The number of methoxy groups -OCH3 is 1. The molecule has 0 aliphatic rings. The molecule has 0 heterocycles. The summed E-state index contributed by atoms with van der Waals surface area (Å²) in [5, 5.41) is 1.48. The van der Waals surface area contributed by atoms with E-state index in [2.05, 4.69) is 0 Å². The van der Waals surface area contributed by atoms with E-state index >= 15 is 0 Å². The molecule has 0 spiro atoms. The molecule has 0 aliphatic heterocycles. The molecule has 158 valence electrons. The highest BCUT2D eigenvalue weighted by atomic mass is 35.5. The summed E-state index contributed by atoms with van der Waals surface area (Å²) in [6, 6.07) is 27.8. The predicted molar refractivity (Wildman–Crippen MR) is 126 cm³/mol. The van der Waals surface area contributed by atoms with Crippen molar-refractivity contribution in [3.05, 3.63) is 96.6 Å². The van der Waals surface area contributed by atoms with Crippen molar-refractivity contribution >= 4 is 36.1 Å². The van der Waals surface area contributed by atoms with E-state index in [0.29, 0.717) is 6.42 Å². The Kier molecular flexibility index (Phi) is 8.86. The summed E-state index contributed by atoms with van der Waals surface area (Å²) in [4.78, 5) is 12.5. The number of rotatable bonds is 8. The molecule has 2 N–H and O–H groups in total. The van der Waals surface area contributed by atoms with Crippen molar-refractivity contribution < 1.29 is 14.1 Å². The van der Waals surface area contributed by atoms with Gasteiger partial charge in [0, 0.05) is 22.8 Å². The standard InChI is InChI=1S/C24H26NO3P.ClH/c1-28-24(26)22(17-19-11-5-2-6-12-19)23(25)18-29(27,20-13-7-3-8-14-20)21-15-9-4-10-16-21;/h2-16,22-23H,17-18,25H2,1H3;1H. The van der Waals surface area contributed by atoms with Crippen LogP contribution in [-0.2, 0) is 20.5 Å². The van der Waals surface area contributed by atoms with Crippen LogP contribution < -0.4 is 16.3 Å². The number of esters is 1. The van der Waals surface area contributed by atoms with E-state index in [0.717, 1.165) is 16.2 Å². The molecule has 0 bridgehead atoms. The Morgan fingerprint density at radius 2 is 1.30 bits per heavy atom. The van der Waals surface area contributed by atoms with E-state index in [4.69, 9.17) is 10.5 Å². The van der Waals surface area contributed by atoms with Gasteiger partial charge in [-0.2, -0.15) is 0 Å². The first-order valence-electron chi connectivity index (χ1n) is 9.62. The van der Waals surface area contributed by atoms with Gasteiger partial charge in [0.2, 0.25) is 0 Å². The van der Waals surface area contributed by atoms with Crippen molar-refractivity contribution in [2.75, 3.05) is 13.3 Å². The van der Waals surface area contributed by atoms with E-state index in [1.54, 1.807) is 0 Å². The molecule has 0 fully saturated rings. The Hall–Kier alpha value is -2.39. The number of carbonyl (C=O) groups excluding carboxylic acids is 1. The molecule has 0 amide bonds. The zero-order valence-electron chi connectivity index (χ0n) is 16.9. The molecule has 2 atom stereocenters. The van der Waals surface area contributed by atoms with Crippen LogP contribution in [0.2, 0.25) is 0 Å². The van der Waals surface area contributed by atoms with Gasteiger partial charge in [0.05, 0.1) is 13.0 Å². The van der Waals surface area contributed by atoms with Gasteiger partial charge in [0.25, 0.3) is 0 Å². The third-order valence-electron chi connectivity index (χ3n) is 5.13. The van der Waals surface area contributed by atoms with Gasteiger partial charge in [0.1, 0.15) is 7.14 Å². The first kappa shape index (κ1) is 23.9. The van der Waals surface area contributed by atoms with Crippen molar-refractivity contribution in [3.63, 3.8) is 0 Å². The number of ether oxygens (including phenoxy) is 1. The minimum Gasteiger partial charge on any atom is -0.469 e. The second-order valence-corrected chi connectivity index (χ2v) is 9.95. The number of benzene rings is 3. The van der Waals surface area contributed by atoms with Crippen LogP contribution in [-0.4, -0.2) is 25.3 Å². The Labute approximate surface area is 184 Å². The van der Waals surface area contributed by atoms with Crippen molar-refractivity contribution in [3.8, 4) is 0 Å². The van der Waals surface area contributed by atoms with Crippen LogP contribution in [0.4, 0.5) is 0 Å². The Morgan fingerprint density at radius 1 is 0.867 bits per heavy atom. The molecular formula is C24H27ClNO3P. The topological polar surface area (TPSA) is 69.4 Å². The lowest BCUT2D eigenvalue weighted by Crippen LogP contribution is -2.42. The molecule has 0 saturated carbocycles. The summed E-state index contributed by atoms with van der Waals surface area (Å²) in [6.45, 7) is 0. The van der Waals surface area contributed by atoms with Crippen LogP contribution in [0.3, 0.4) is 0 Å². The normalized spacial score (nSPS) is 13.0. The van der Waals surface area contributed by atoms with Gasteiger partial charge in [0.15, 0.2) is 0 Å². The molecule has 0 aromatic heterocycles. The third kappa shape index (κ3) is 5.60. The maximum absolute atomic E-state index is 14.3. The molecule has 3 aromatic rings. The summed E-state index contributed by atoms with van der Waals surface area (Å²) >= 11 is 0. The highest BCUT2D eigenvalue weighted by molar-refractivity contribution is 7.78. The molecule has 0 aliphatic carbocycles.